The average Bonchev–Trinajstić information content (AvgIpc) is 2.96. The zero-order valence-electron chi connectivity index (χ0n) is 23.3. The number of rotatable bonds is 0. The molecule has 2 aromatic rings. The zero-order valence-corrected chi connectivity index (χ0v) is 23.3. The topological polar surface area (TPSA) is 175 Å². The van der Waals surface area contributed by atoms with Crippen LogP contribution in [0.2, 0.25) is 0 Å². The molecule has 12 nitrogen and oxygen atoms in total. The fourth-order valence-electron chi connectivity index (χ4n) is 4.28. The molecule has 1 aliphatic carbocycles. The quantitative estimate of drug-likeness (QED) is 0.278. The summed E-state index contributed by atoms with van der Waals surface area (Å²) in [5.74, 6) is -3.04. The van der Waals surface area contributed by atoms with Gasteiger partial charge in [0.1, 0.15) is 18.1 Å². The number of amides is 6. The van der Waals surface area contributed by atoms with Gasteiger partial charge in [-0.05, 0) is 57.2 Å². The van der Waals surface area contributed by atoms with Gasteiger partial charge in [0.25, 0.3) is 11.8 Å². The first-order chi connectivity index (χ1) is 20.0. The number of hydrogen-bond acceptors (Lipinski definition) is 6. The van der Waals surface area contributed by atoms with Crippen LogP contribution in [0.1, 0.15) is 47.9 Å². The van der Waals surface area contributed by atoms with Crippen molar-refractivity contribution in [2.24, 2.45) is 0 Å². The molecule has 4 atom stereocenters. The van der Waals surface area contributed by atoms with Crippen molar-refractivity contribution in [3.8, 4) is 0 Å². The minimum absolute atomic E-state index is 0.181. The lowest BCUT2D eigenvalue weighted by atomic mass is 9.99. The highest BCUT2D eigenvalue weighted by atomic mass is 16.2. The predicted octanol–water partition coefficient (Wildman–Crippen LogP) is 1.39. The summed E-state index contributed by atoms with van der Waals surface area (Å²) in [5.41, 5.74) is 1.43. The Balaban J connectivity index is 1.58. The van der Waals surface area contributed by atoms with Crippen molar-refractivity contribution < 1.29 is 28.8 Å². The van der Waals surface area contributed by atoms with Crippen LogP contribution in [0.25, 0.3) is 0 Å². The van der Waals surface area contributed by atoms with E-state index in [1.54, 1.807) is 42.5 Å². The molecule has 6 N–H and O–H groups in total. The van der Waals surface area contributed by atoms with Crippen molar-refractivity contribution in [1.82, 2.24) is 21.3 Å². The maximum atomic E-state index is 12.9. The van der Waals surface area contributed by atoms with Gasteiger partial charge in [-0.1, -0.05) is 30.4 Å². The number of allylic oxidation sites excluding steroid dienone is 2. The molecule has 6 amide bonds. The molecule has 1 heterocycles. The summed E-state index contributed by atoms with van der Waals surface area (Å²) in [7, 11) is 0. The number of carbonyl (C=O) groups excluding carboxylic acids is 6. The summed E-state index contributed by atoms with van der Waals surface area (Å²) in [6.07, 6.45) is 5.14. The zero-order chi connectivity index (χ0) is 30.4. The SMILES string of the molecule is C[C@@H]1NC(=O)C2=CC=CC(C2)NC(=O)[C@H](C)NC(=O)c2cccc(c2)NC(=O)[C@H](C)NC(=O)c2cccc(c2)NC1=O. The molecule has 0 fully saturated rings. The first-order valence-electron chi connectivity index (χ1n) is 13.4. The van der Waals surface area contributed by atoms with E-state index in [1.807, 2.05) is 0 Å². The van der Waals surface area contributed by atoms with Gasteiger partial charge in [0.2, 0.25) is 23.6 Å². The Kier molecular flexibility index (Phi) is 9.15. The molecule has 218 valence electrons. The van der Waals surface area contributed by atoms with Crippen molar-refractivity contribution in [3.05, 3.63) is 83.5 Å². The Hall–Kier alpha value is -5.26. The lowest BCUT2D eigenvalue weighted by molar-refractivity contribution is -0.124. The lowest BCUT2D eigenvalue weighted by Gasteiger charge is -2.23. The summed E-state index contributed by atoms with van der Waals surface area (Å²) >= 11 is 0. The molecule has 1 aliphatic heterocycles. The van der Waals surface area contributed by atoms with Crippen molar-refractivity contribution in [2.45, 2.75) is 51.4 Å². The van der Waals surface area contributed by atoms with Crippen molar-refractivity contribution >= 4 is 46.8 Å². The summed E-state index contributed by atoms with van der Waals surface area (Å²) in [4.78, 5) is 77.0. The summed E-state index contributed by atoms with van der Waals surface area (Å²) in [6, 6.07) is 9.04. The van der Waals surface area contributed by atoms with E-state index in [0.29, 0.717) is 16.9 Å². The van der Waals surface area contributed by atoms with Crippen LogP contribution < -0.4 is 31.9 Å². The molecule has 0 saturated heterocycles. The Labute approximate surface area is 242 Å². The summed E-state index contributed by atoms with van der Waals surface area (Å²) < 4.78 is 0. The number of anilines is 2. The van der Waals surface area contributed by atoms with Crippen LogP contribution in [0, 0.1) is 0 Å². The van der Waals surface area contributed by atoms with Crippen LogP contribution >= 0.6 is 0 Å². The highest BCUT2D eigenvalue weighted by molar-refractivity contribution is 6.04. The number of benzene rings is 2. The highest BCUT2D eigenvalue weighted by Crippen LogP contribution is 2.16. The molecule has 42 heavy (non-hydrogen) atoms. The van der Waals surface area contributed by atoms with Crippen molar-refractivity contribution in [3.63, 3.8) is 0 Å². The normalized spacial score (nSPS) is 24.0. The second-order valence-corrected chi connectivity index (χ2v) is 10.1. The standard InChI is InChI=1S/C30H32N6O6/c1-16-25(37)34-22-10-5-8-20(14-22)29(41)32-18(3)27(39)36-24-12-6-9-21(15-24)30(42)33-17(2)26(38)35-23-11-4-7-19(13-23)28(40)31-16/h4-14,16-18,24H,15H2,1-3H3,(H,31,40)(H,32,41)(H,33,42)(H,34,37)(H,35,38)(H,36,39)/t16-,17-,18-,24?/m0/s1. The van der Waals surface area contributed by atoms with Gasteiger partial charge in [-0.3, -0.25) is 28.8 Å². The minimum Gasteiger partial charge on any atom is -0.348 e. The Morgan fingerprint density at radius 1 is 0.595 bits per heavy atom. The molecule has 0 radical (unpaired) electrons. The molecule has 2 aromatic carbocycles. The van der Waals surface area contributed by atoms with E-state index in [1.165, 1.54) is 45.0 Å². The van der Waals surface area contributed by atoms with Crippen molar-refractivity contribution in [1.29, 1.82) is 0 Å². The second kappa shape index (κ2) is 12.9. The van der Waals surface area contributed by atoms with Gasteiger partial charge in [0.15, 0.2) is 0 Å². The third-order valence-electron chi connectivity index (χ3n) is 6.71. The number of nitrogens with one attached hydrogen (secondary N) is 6. The van der Waals surface area contributed by atoms with E-state index < -0.39 is 59.6 Å². The Morgan fingerprint density at radius 2 is 1.07 bits per heavy atom. The first kappa shape index (κ1) is 29.7. The monoisotopic (exact) mass is 572 g/mol. The van der Waals surface area contributed by atoms with E-state index in [2.05, 4.69) is 31.9 Å². The van der Waals surface area contributed by atoms with Gasteiger partial charge in [-0.2, -0.15) is 0 Å². The third-order valence-corrected chi connectivity index (χ3v) is 6.71. The van der Waals surface area contributed by atoms with E-state index in [4.69, 9.17) is 0 Å². The van der Waals surface area contributed by atoms with E-state index in [9.17, 15) is 28.8 Å². The van der Waals surface area contributed by atoms with Crippen LogP contribution in [0.3, 0.4) is 0 Å². The fraction of sp³-hybridized carbons (Fsp3) is 0.267. The Bertz CT molecular complexity index is 1500. The molecule has 2 aliphatic rings. The van der Waals surface area contributed by atoms with E-state index in [0.717, 1.165) is 0 Å². The molecular weight excluding hydrogens is 540 g/mol. The molecule has 4 rings (SSSR count). The maximum absolute atomic E-state index is 12.9. The second-order valence-electron chi connectivity index (χ2n) is 10.1. The molecular formula is C30H32N6O6. The minimum atomic E-state index is -0.944. The van der Waals surface area contributed by atoms with E-state index in [-0.39, 0.29) is 17.5 Å². The van der Waals surface area contributed by atoms with Gasteiger partial charge in [-0.25, -0.2) is 0 Å². The molecule has 12 heteroatoms. The average molecular weight is 573 g/mol. The van der Waals surface area contributed by atoms with Crippen LogP contribution in [0.15, 0.2) is 72.3 Å². The summed E-state index contributed by atoms with van der Waals surface area (Å²) in [6.45, 7) is 4.55. The fourth-order valence-corrected chi connectivity index (χ4v) is 4.28. The smallest absolute Gasteiger partial charge is 0.251 e. The lowest BCUT2D eigenvalue weighted by Crippen LogP contribution is -2.48. The van der Waals surface area contributed by atoms with Gasteiger partial charge >= 0.3 is 0 Å². The van der Waals surface area contributed by atoms with Crippen LogP contribution in [0.4, 0.5) is 11.4 Å². The maximum Gasteiger partial charge on any atom is 0.251 e. The van der Waals surface area contributed by atoms with Gasteiger partial charge in [0, 0.05) is 34.5 Å². The van der Waals surface area contributed by atoms with E-state index >= 15 is 0 Å². The molecule has 0 saturated carbocycles. The number of hydrogen-bond donors (Lipinski definition) is 6. The Morgan fingerprint density at radius 3 is 1.60 bits per heavy atom. The highest BCUT2D eigenvalue weighted by Gasteiger charge is 2.25. The largest absolute Gasteiger partial charge is 0.348 e. The molecule has 0 spiro atoms. The first-order valence-corrected chi connectivity index (χ1v) is 13.4. The van der Waals surface area contributed by atoms with Gasteiger partial charge < -0.3 is 31.9 Å². The summed E-state index contributed by atoms with van der Waals surface area (Å²) in [5, 5.41) is 16.0. The van der Waals surface area contributed by atoms with Crippen molar-refractivity contribution in [2.75, 3.05) is 10.6 Å². The van der Waals surface area contributed by atoms with Crippen LogP contribution in [-0.4, -0.2) is 59.6 Å². The molecule has 0 aromatic heterocycles. The number of carbonyl (C=O) groups is 6. The third kappa shape index (κ3) is 7.47. The van der Waals surface area contributed by atoms with Crippen LogP contribution in [0.5, 0.6) is 0 Å². The van der Waals surface area contributed by atoms with Gasteiger partial charge in [0.05, 0.1) is 6.04 Å². The predicted molar refractivity (Wildman–Crippen MR) is 155 cm³/mol. The molecule has 6 bridgehead atoms. The molecule has 1 unspecified atom stereocenters. The number of fused-ring (bicyclic) bond motifs is 6. The van der Waals surface area contributed by atoms with Crippen LogP contribution in [-0.2, 0) is 19.2 Å². The van der Waals surface area contributed by atoms with Gasteiger partial charge in [-0.15, -0.1) is 0 Å².